The van der Waals surface area contributed by atoms with Gasteiger partial charge in [0.25, 0.3) is 0 Å². The first kappa shape index (κ1) is 18.8. The van der Waals surface area contributed by atoms with Gasteiger partial charge in [-0.2, -0.15) is 5.10 Å². The van der Waals surface area contributed by atoms with Gasteiger partial charge < -0.3 is 15.0 Å². The van der Waals surface area contributed by atoms with E-state index in [9.17, 15) is 0 Å². The van der Waals surface area contributed by atoms with Crippen LogP contribution in [0.1, 0.15) is 43.2 Å². The summed E-state index contributed by atoms with van der Waals surface area (Å²) in [4.78, 5) is 11.6. The summed E-state index contributed by atoms with van der Waals surface area (Å²) in [7, 11) is 1.97. The van der Waals surface area contributed by atoms with Gasteiger partial charge in [0.1, 0.15) is 0 Å². The minimum Gasteiger partial charge on any atom is -0.477 e. The Bertz CT molecular complexity index is 795. The van der Waals surface area contributed by atoms with E-state index in [1.165, 1.54) is 18.4 Å². The molecule has 2 aliphatic rings. The predicted octanol–water partition coefficient (Wildman–Crippen LogP) is 2.56. The number of aromatic nitrogens is 3. The molecule has 2 aromatic rings. The molecule has 7 nitrogen and oxygen atoms in total. The summed E-state index contributed by atoms with van der Waals surface area (Å²) >= 11 is 0. The van der Waals surface area contributed by atoms with Gasteiger partial charge in [-0.15, -0.1) is 0 Å². The Morgan fingerprint density at radius 3 is 2.86 bits per heavy atom. The summed E-state index contributed by atoms with van der Waals surface area (Å²) < 4.78 is 7.59. The fraction of sp³-hybridized carbons (Fsp3) is 0.571. The molecule has 1 N–H and O–H groups in total. The normalized spacial score (nSPS) is 19.9. The molecule has 7 heteroatoms. The minimum atomic E-state index is 0.516. The van der Waals surface area contributed by atoms with E-state index < -0.39 is 0 Å². The van der Waals surface area contributed by atoms with Crippen LogP contribution >= 0.6 is 0 Å². The van der Waals surface area contributed by atoms with E-state index in [1.807, 2.05) is 30.2 Å². The first-order chi connectivity index (χ1) is 13.7. The van der Waals surface area contributed by atoms with Crippen LogP contribution in [0, 0.1) is 5.92 Å². The second-order valence-electron chi connectivity index (χ2n) is 7.81. The van der Waals surface area contributed by atoms with Gasteiger partial charge in [0.2, 0.25) is 5.88 Å². The van der Waals surface area contributed by atoms with Crippen LogP contribution in [0.3, 0.4) is 0 Å². The van der Waals surface area contributed by atoms with Crippen molar-refractivity contribution in [2.75, 3.05) is 26.2 Å². The lowest BCUT2D eigenvalue weighted by Gasteiger charge is -2.21. The number of aryl methyl sites for hydroxylation is 1. The number of ether oxygens (including phenoxy) is 1. The molecule has 0 aromatic carbocycles. The number of nitrogens with zero attached hydrogens (tertiary/aromatic N) is 5. The van der Waals surface area contributed by atoms with E-state index in [1.54, 1.807) is 0 Å². The molecule has 28 heavy (non-hydrogen) atoms. The molecule has 1 aliphatic heterocycles. The number of hydrogen-bond acceptors (Lipinski definition) is 4. The summed E-state index contributed by atoms with van der Waals surface area (Å²) in [6.07, 6.45) is 9.69. The SMILES string of the molecule is CCNC(=NCc1ccc(OCC2CC2)nc1)N1CCC(c2cnn(C)c2)C1. The molecule has 1 unspecified atom stereocenters. The van der Waals surface area contributed by atoms with Crippen molar-refractivity contribution in [2.24, 2.45) is 18.0 Å². The number of rotatable bonds is 7. The summed E-state index contributed by atoms with van der Waals surface area (Å²) in [5, 5.41) is 7.74. The topological polar surface area (TPSA) is 67.6 Å². The molecule has 150 valence electrons. The van der Waals surface area contributed by atoms with Gasteiger partial charge in [-0.3, -0.25) is 4.68 Å². The highest BCUT2D eigenvalue weighted by molar-refractivity contribution is 5.80. The third-order valence-corrected chi connectivity index (χ3v) is 5.39. The van der Waals surface area contributed by atoms with Crippen molar-refractivity contribution in [3.8, 4) is 5.88 Å². The largest absolute Gasteiger partial charge is 0.477 e. The van der Waals surface area contributed by atoms with Crippen molar-refractivity contribution in [1.82, 2.24) is 25.0 Å². The lowest BCUT2D eigenvalue weighted by molar-refractivity contribution is 0.288. The minimum absolute atomic E-state index is 0.516. The third kappa shape index (κ3) is 4.82. The maximum Gasteiger partial charge on any atom is 0.213 e. The molecule has 0 spiro atoms. The maximum absolute atomic E-state index is 5.71. The average Bonchev–Trinajstić information content (AvgIpc) is 3.23. The Kier molecular flexibility index (Phi) is 5.78. The standard InChI is InChI=1S/C21H30N6O/c1-3-22-21(27-9-8-18(14-27)19-12-25-26(2)13-19)24-11-17-6-7-20(23-10-17)28-15-16-4-5-16/h6-7,10,12-13,16,18H,3-5,8-9,11,14-15H2,1-2H3,(H,22,24). The van der Waals surface area contributed by atoms with Crippen molar-refractivity contribution < 1.29 is 4.74 Å². The van der Waals surface area contributed by atoms with Gasteiger partial charge in [0.05, 0.1) is 19.3 Å². The molecule has 0 bridgehead atoms. The van der Waals surface area contributed by atoms with Crippen LogP contribution in [-0.4, -0.2) is 51.9 Å². The van der Waals surface area contributed by atoms with Crippen LogP contribution < -0.4 is 10.1 Å². The zero-order chi connectivity index (χ0) is 19.3. The van der Waals surface area contributed by atoms with Crippen molar-refractivity contribution in [3.63, 3.8) is 0 Å². The third-order valence-electron chi connectivity index (χ3n) is 5.39. The van der Waals surface area contributed by atoms with Crippen molar-refractivity contribution in [1.29, 1.82) is 0 Å². The molecule has 1 atom stereocenters. The molecule has 3 heterocycles. The Hall–Kier alpha value is -2.57. The Morgan fingerprint density at radius 2 is 2.18 bits per heavy atom. The van der Waals surface area contributed by atoms with Gasteiger partial charge in [0, 0.05) is 51.1 Å². The molecule has 1 saturated heterocycles. The molecule has 4 rings (SSSR count). The highest BCUT2D eigenvalue weighted by Gasteiger charge is 2.27. The van der Waals surface area contributed by atoms with Crippen LogP contribution in [0.5, 0.6) is 5.88 Å². The van der Waals surface area contributed by atoms with Crippen LogP contribution in [0.25, 0.3) is 0 Å². The van der Waals surface area contributed by atoms with Crippen LogP contribution in [-0.2, 0) is 13.6 Å². The molecule has 0 radical (unpaired) electrons. The summed E-state index contributed by atoms with van der Waals surface area (Å²) in [6, 6.07) is 4.01. The highest BCUT2D eigenvalue weighted by Crippen LogP contribution is 2.29. The quantitative estimate of drug-likeness (QED) is 0.589. The highest BCUT2D eigenvalue weighted by atomic mass is 16.5. The zero-order valence-corrected chi connectivity index (χ0v) is 16.8. The first-order valence-corrected chi connectivity index (χ1v) is 10.3. The number of likely N-dealkylation sites (tertiary alicyclic amines) is 1. The smallest absolute Gasteiger partial charge is 0.213 e. The average molecular weight is 383 g/mol. The van der Waals surface area contributed by atoms with E-state index in [4.69, 9.17) is 9.73 Å². The number of guanidine groups is 1. The van der Waals surface area contributed by atoms with Crippen molar-refractivity contribution in [2.45, 2.75) is 38.6 Å². The molecule has 0 amide bonds. The maximum atomic E-state index is 5.71. The van der Waals surface area contributed by atoms with Gasteiger partial charge in [-0.1, -0.05) is 6.07 Å². The summed E-state index contributed by atoms with van der Waals surface area (Å²) in [5.74, 6) is 2.94. The van der Waals surface area contributed by atoms with Gasteiger partial charge in [0.15, 0.2) is 5.96 Å². The monoisotopic (exact) mass is 382 g/mol. The Labute approximate surface area is 166 Å². The first-order valence-electron chi connectivity index (χ1n) is 10.3. The number of hydrogen-bond donors (Lipinski definition) is 1. The Morgan fingerprint density at radius 1 is 1.29 bits per heavy atom. The number of aliphatic imine (C=N–C) groups is 1. The number of pyridine rings is 1. The lowest BCUT2D eigenvalue weighted by Crippen LogP contribution is -2.40. The fourth-order valence-electron chi connectivity index (χ4n) is 3.55. The lowest BCUT2D eigenvalue weighted by atomic mass is 10.0. The van der Waals surface area contributed by atoms with Gasteiger partial charge in [-0.25, -0.2) is 9.98 Å². The molecule has 2 fully saturated rings. The molecular formula is C21H30N6O. The second kappa shape index (κ2) is 8.63. The van der Waals surface area contributed by atoms with E-state index >= 15 is 0 Å². The van der Waals surface area contributed by atoms with Gasteiger partial charge >= 0.3 is 0 Å². The van der Waals surface area contributed by atoms with Gasteiger partial charge in [-0.05, 0) is 43.2 Å². The second-order valence-corrected chi connectivity index (χ2v) is 7.81. The summed E-state index contributed by atoms with van der Waals surface area (Å²) in [5.41, 5.74) is 2.41. The van der Waals surface area contributed by atoms with Crippen LogP contribution in [0.2, 0.25) is 0 Å². The molecule has 1 aliphatic carbocycles. The molecule has 1 saturated carbocycles. The van der Waals surface area contributed by atoms with E-state index in [2.05, 4.69) is 39.5 Å². The Balaban J connectivity index is 1.35. The van der Waals surface area contributed by atoms with Crippen LogP contribution in [0.4, 0.5) is 0 Å². The van der Waals surface area contributed by atoms with Crippen LogP contribution in [0.15, 0.2) is 35.7 Å². The molecule has 2 aromatic heterocycles. The van der Waals surface area contributed by atoms with Crippen molar-refractivity contribution >= 4 is 5.96 Å². The van der Waals surface area contributed by atoms with E-state index in [-0.39, 0.29) is 0 Å². The summed E-state index contributed by atoms with van der Waals surface area (Å²) in [6.45, 7) is 6.37. The molecular weight excluding hydrogens is 352 g/mol. The predicted molar refractivity (Wildman–Crippen MR) is 109 cm³/mol. The van der Waals surface area contributed by atoms with E-state index in [0.717, 1.165) is 50.1 Å². The zero-order valence-electron chi connectivity index (χ0n) is 16.8. The number of nitrogens with one attached hydrogen (secondary N) is 1. The van der Waals surface area contributed by atoms with E-state index in [0.29, 0.717) is 18.3 Å². The fourth-order valence-corrected chi connectivity index (χ4v) is 3.55. The van der Waals surface area contributed by atoms with Crippen molar-refractivity contribution in [3.05, 3.63) is 41.9 Å².